The summed E-state index contributed by atoms with van der Waals surface area (Å²) in [6.07, 6.45) is 0. The molecule has 0 bridgehead atoms. The third-order valence-electron chi connectivity index (χ3n) is 3.78. The van der Waals surface area contributed by atoms with Gasteiger partial charge in [-0.2, -0.15) is 5.26 Å². The molecule has 124 valence electrons. The van der Waals surface area contributed by atoms with Gasteiger partial charge in [0, 0.05) is 10.0 Å². The minimum atomic E-state index is -0.435. The molecule has 1 heterocycles. The maximum Gasteiger partial charge on any atom is 0.269 e. The minimum Gasteiger partial charge on any atom is -0.303 e. The van der Waals surface area contributed by atoms with Gasteiger partial charge in [0.25, 0.3) is 5.56 Å². The fourth-order valence-corrected chi connectivity index (χ4v) is 2.98. The van der Waals surface area contributed by atoms with E-state index in [1.807, 2.05) is 6.07 Å². The molecular formula is C19H11Cl2FN2O. The van der Waals surface area contributed by atoms with Crippen molar-refractivity contribution in [3.63, 3.8) is 0 Å². The molecule has 0 aliphatic rings. The summed E-state index contributed by atoms with van der Waals surface area (Å²) in [4.78, 5) is 12.6. The van der Waals surface area contributed by atoms with Crippen LogP contribution in [0.15, 0.2) is 59.4 Å². The predicted molar refractivity (Wildman–Crippen MR) is 96.4 cm³/mol. The van der Waals surface area contributed by atoms with Gasteiger partial charge in [0.05, 0.1) is 12.2 Å². The Kier molecular flexibility index (Phi) is 4.89. The molecule has 0 atom stereocenters. The number of hydrogen-bond acceptors (Lipinski definition) is 2. The highest BCUT2D eigenvalue weighted by atomic mass is 35.5. The zero-order valence-electron chi connectivity index (χ0n) is 12.8. The smallest absolute Gasteiger partial charge is 0.269 e. The number of benzene rings is 2. The van der Waals surface area contributed by atoms with E-state index in [4.69, 9.17) is 28.5 Å². The monoisotopic (exact) mass is 372 g/mol. The average molecular weight is 373 g/mol. The van der Waals surface area contributed by atoms with Gasteiger partial charge in [0.2, 0.25) is 0 Å². The first-order valence-corrected chi connectivity index (χ1v) is 8.09. The molecule has 25 heavy (non-hydrogen) atoms. The summed E-state index contributed by atoms with van der Waals surface area (Å²) in [5.74, 6) is -0.368. The van der Waals surface area contributed by atoms with Crippen molar-refractivity contribution in [2.75, 3.05) is 0 Å². The van der Waals surface area contributed by atoms with Crippen LogP contribution in [-0.4, -0.2) is 4.57 Å². The molecule has 0 saturated heterocycles. The van der Waals surface area contributed by atoms with Crippen molar-refractivity contribution in [2.45, 2.75) is 6.54 Å². The van der Waals surface area contributed by atoms with Gasteiger partial charge < -0.3 is 4.57 Å². The van der Waals surface area contributed by atoms with E-state index in [1.165, 1.54) is 22.8 Å². The first-order valence-electron chi connectivity index (χ1n) is 7.33. The van der Waals surface area contributed by atoms with Gasteiger partial charge in [-0.25, -0.2) is 4.39 Å². The van der Waals surface area contributed by atoms with Gasteiger partial charge in [0.15, 0.2) is 0 Å². The molecular weight excluding hydrogens is 362 g/mol. The zero-order chi connectivity index (χ0) is 18.0. The van der Waals surface area contributed by atoms with Crippen molar-refractivity contribution in [1.82, 2.24) is 4.57 Å². The van der Waals surface area contributed by atoms with Crippen LogP contribution >= 0.6 is 23.2 Å². The number of halogens is 3. The van der Waals surface area contributed by atoms with Crippen molar-refractivity contribution in [3.8, 4) is 17.3 Å². The number of aromatic nitrogens is 1. The third-order valence-corrected chi connectivity index (χ3v) is 4.37. The molecule has 0 aliphatic heterocycles. The van der Waals surface area contributed by atoms with Crippen LogP contribution in [0.25, 0.3) is 11.3 Å². The van der Waals surface area contributed by atoms with E-state index in [0.29, 0.717) is 26.9 Å². The normalized spacial score (nSPS) is 10.5. The standard InChI is InChI=1S/C19H11Cl2FN2O/c20-15-5-1-14(17(21)9-15)11-24-18(8-4-13(10-23)19(24)25)12-2-6-16(22)7-3-12/h1-9H,11H2. The summed E-state index contributed by atoms with van der Waals surface area (Å²) in [6, 6.07) is 15.8. The molecule has 0 radical (unpaired) electrons. The first-order chi connectivity index (χ1) is 12.0. The van der Waals surface area contributed by atoms with Gasteiger partial charge in [0.1, 0.15) is 17.4 Å². The van der Waals surface area contributed by atoms with Crippen LogP contribution in [0.4, 0.5) is 4.39 Å². The molecule has 3 rings (SSSR count). The van der Waals surface area contributed by atoms with Crippen molar-refractivity contribution >= 4 is 23.2 Å². The molecule has 0 N–H and O–H groups in total. The summed E-state index contributed by atoms with van der Waals surface area (Å²) in [5, 5.41) is 10.1. The van der Waals surface area contributed by atoms with Gasteiger partial charge in [-0.1, -0.05) is 29.3 Å². The summed E-state index contributed by atoms with van der Waals surface area (Å²) in [6.45, 7) is 0.164. The van der Waals surface area contributed by atoms with Crippen LogP contribution in [-0.2, 0) is 6.54 Å². The Morgan fingerprint density at radius 3 is 2.40 bits per heavy atom. The van der Waals surface area contributed by atoms with Crippen molar-refractivity contribution in [2.24, 2.45) is 0 Å². The SMILES string of the molecule is N#Cc1ccc(-c2ccc(F)cc2)n(Cc2ccc(Cl)cc2Cl)c1=O. The second-order valence-electron chi connectivity index (χ2n) is 5.38. The van der Waals surface area contributed by atoms with Crippen LogP contribution in [0.5, 0.6) is 0 Å². The highest BCUT2D eigenvalue weighted by molar-refractivity contribution is 6.35. The quantitative estimate of drug-likeness (QED) is 0.657. The van der Waals surface area contributed by atoms with E-state index >= 15 is 0 Å². The number of rotatable bonds is 3. The van der Waals surface area contributed by atoms with E-state index in [-0.39, 0.29) is 17.9 Å². The molecule has 0 unspecified atom stereocenters. The molecule has 0 aliphatic carbocycles. The van der Waals surface area contributed by atoms with Crippen LogP contribution in [0.3, 0.4) is 0 Å². The molecule has 3 nitrogen and oxygen atoms in total. The topological polar surface area (TPSA) is 45.8 Å². The predicted octanol–water partition coefficient (Wildman–Crippen LogP) is 4.88. The van der Waals surface area contributed by atoms with Crippen molar-refractivity contribution < 1.29 is 4.39 Å². The number of nitriles is 1. The van der Waals surface area contributed by atoms with E-state index in [2.05, 4.69) is 0 Å². The van der Waals surface area contributed by atoms with Crippen LogP contribution in [0.1, 0.15) is 11.1 Å². The van der Waals surface area contributed by atoms with Gasteiger partial charge in [-0.15, -0.1) is 0 Å². The van der Waals surface area contributed by atoms with E-state index in [1.54, 1.807) is 36.4 Å². The van der Waals surface area contributed by atoms with Gasteiger partial charge in [-0.05, 0) is 59.7 Å². The van der Waals surface area contributed by atoms with Crippen LogP contribution in [0.2, 0.25) is 10.0 Å². The van der Waals surface area contributed by atoms with Gasteiger partial charge in [-0.3, -0.25) is 4.79 Å². The lowest BCUT2D eigenvalue weighted by molar-refractivity contribution is 0.628. The minimum absolute atomic E-state index is 0.0240. The number of nitrogens with zero attached hydrogens (tertiary/aromatic N) is 2. The van der Waals surface area contributed by atoms with Crippen molar-refractivity contribution in [1.29, 1.82) is 5.26 Å². The molecule has 1 aromatic heterocycles. The Morgan fingerprint density at radius 2 is 1.76 bits per heavy atom. The highest BCUT2D eigenvalue weighted by Crippen LogP contribution is 2.24. The Hall–Kier alpha value is -2.61. The molecule has 0 saturated carbocycles. The van der Waals surface area contributed by atoms with Crippen LogP contribution in [0, 0.1) is 17.1 Å². The van der Waals surface area contributed by atoms with Crippen molar-refractivity contribution in [3.05, 3.63) is 91.9 Å². The lowest BCUT2D eigenvalue weighted by atomic mass is 10.1. The highest BCUT2D eigenvalue weighted by Gasteiger charge is 2.13. The lowest BCUT2D eigenvalue weighted by Gasteiger charge is -2.14. The second kappa shape index (κ2) is 7.10. The fourth-order valence-electron chi connectivity index (χ4n) is 2.51. The Labute approximate surface area is 153 Å². The zero-order valence-corrected chi connectivity index (χ0v) is 14.4. The average Bonchev–Trinajstić information content (AvgIpc) is 2.59. The first kappa shape index (κ1) is 17.2. The number of hydrogen-bond donors (Lipinski definition) is 0. The Bertz CT molecular complexity index is 1040. The summed E-state index contributed by atoms with van der Waals surface area (Å²) in [7, 11) is 0. The summed E-state index contributed by atoms with van der Waals surface area (Å²) >= 11 is 12.1. The van der Waals surface area contributed by atoms with E-state index < -0.39 is 5.56 Å². The fraction of sp³-hybridized carbons (Fsp3) is 0.0526. The Morgan fingerprint density at radius 1 is 1.04 bits per heavy atom. The maximum atomic E-state index is 13.2. The molecule has 0 spiro atoms. The second-order valence-corrected chi connectivity index (χ2v) is 6.22. The maximum absolute atomic E-state index is 13.2. The molecule has 3 aromatic rings. The number of pyridine rings is 1. The molecule has 0 amide bonds. The van der Waals surface area contributed by atoms with E-state index in [9.17, 15) is 9.18 Å². The molecule has 2 aromatic carbocycles. The Balaban J connectivity index is 2.17. The van der Waals surface area contributed by atoms with Gasteiger partial charge >= 0.3 is 0 Å². The molecule has 0 fully saturated rings. The van der Waals surface area contributed by atoms with Crippen LogP contribution < -0.4 is 5.56 Å². The summed E-state index contributed by atoms with van der Waals surface area (Å²) in [5.41, 5.74) is 1.50. The lowest BCUT2D eigenvalue weighted by Crippen LogP contribution is -2.24. The molecule has 6 heteroatoms. The largest absolute Gasteiger partial charge is 0.303 e. The van der Waals surface area contributed by atoms with E-state index in [0.717, 1.165) is 0 Å². The third kappa shape index (κ3) is 3.58. The summed E-state index contributed by atoms with van der Waals surface area (Å²) < 4.78 is 14.6.